The Bertz CT molecular complexity index is 507. The van der Waals surface area contributed by atoms with Crippen molar-refractivity contribution in [3.05, 3.63) is 33.9 Å². The van der Waals surface area contributed by atoms with Gasteiger partial charge >= 0.3 is 11.7 Å². The molecule has 0 aliphatic heterocycles. The van der Waals surface area contributed by atoms with Crippen molar-refractivity contribution in [3.8, 4) is 5.75 Å². The summed E-state index contributed by atoms with van der Waals surface area (Å²) in [6, 6.07) is 4.63. The van der Waals surface area contributed by atoms with E-state index >= 15 is 0 Å². The molecular formula is C12H13NO5. The topological polar surface area (TPSA) is 78.7 Å². The number of ether oxygens (including phenoxy) is 2. The largest absolute Gasteiger partial charge is 0.490 e. The third-order valence-electron chi connectivity index (χ3n) is 2.94. The zero-order chi connectivity index (χ0) is 13.3. The lowest BCUT2D eigenvalue weighted by atomic mass is 10.1. The van der Waals surface area contributed by atoms with E-state index in [4.69, 9.17) is 9.47 Å². The number of benzene rings is 1. The SMILES string of the molecule is COc1ccc(C2(OC(C)=O)CC2)cc1[N+](=O)[O-]. The number of nitrogens with zero attached hydrogens (tertiary/aromatic N) is 1. The Hall–Kier alpha value is -2.11. The van der Waals surface area contributed by atoms with Crippen LogP contribution in [0, 0.1) is 10.1 Å². The molecule has 1 aromatic carbocycles. The zero-order valence-electron chi connectivity index (χ0n) is 10.1. The molecule has 0 atom stereocenters. The molecule has 6 heteroatoms. The number of carbonyl (C=O) groups excluding carboxylic acids is 1. The van der Waals surface area contributed by atoms with Gasteiger partial charge in [0.2, 0.25) is 0 Å². The van der Waals surface area contributed by atoms with Gasteiger partial charge in [-0.3, -0.25) is 14.9 Å². The number of hydrogen-bond donors (Lipinski definition) is 0. The van der Waals surface area contributed by atoms with Gasteiger partial charge in [-0.1, -0.05) is 6.07 Å². The van der Waals surface area contributed by atoms with Crippen LogP contribution >= 0.6 is 0 Å². The molecule has 0 aromatic heterocycles. The molecule has 0 N–H and O–H groups in total. The Morgan fingerprint density at radius 2 is 2.11 bits per heavy atom. The maximum absolute atomic E-state index is 11.0. The summed E-state index contributed by atoms with van der Waals surface area (Å²) >= 11 is 0. The van der Waals surface area contributed by atoms with Crippen LogP contribution in [0.2, 0.25) is 0 Å². The number of rotatable bonds is 4. The second kappa shape index (κ2) is 4.29. The van der Waals surface area contributed by atoms with E-state index in [1.807, 2.05) is 0 Å². The Balaban J connectivity index is 2.38. The van der Waals surface area contributed by atoms with E-state index in [9.17, 15) is 14.9 Å². The Morgan fingerprint density at radius 1 is 1.44 bits per heavy atom. The van der Waals surface area contributed by atoms with Gasteiger partial charge in [-0.05, 0) is 18.9 Å². The van der Waals surface area contributed by atoms with Crippen LogP contribution in [-0.2, 0) is 15.1 Å². The summed E-state index contributed by atoms with van der Waals surface area (Å²) in [7, 11) is 1.38. The molecule has 0 saturated heterocycles. The first-order valence-electron chi connectivity index (χ1n) is 5.51. The predicted octanol–water partition coefficient (Wildman–Crippen LogP) is 2.16. The van der Waals surface area contributed by atoms with E-state index < -0.39 is 10.5 Å². The van der Waals surface area contributed by atoms with Crippen LogP contribution < -0.4 is 4.74 Å². The molecule has 0 bridgehead atoms. The van der Waals surface area contributed by atoms with Crippen LogP contribution in [0.15, 0.2) is 18.2 Å². The van der Waals surface area contributed by atoms with Crippen molar-refractivity contribution in [1.82, 2.24) is 0 Å². The first kappa shape index (κ1) is 12.3. The molecule has 1 fully saturated rings. The summed E-state index contributed by atoms with van der Waals surface area (Å²) in [6.45, 7) is 1.33. The lowest BCUT2D eigenvalue weighted by molar-refractivity contribution is -0.385. The van der Waals surface area contributed by atoms with E-state index in [1.54, 1.807) is 6.07 Å². The van der Waals surface area contributed by atoms with Crippen LogP contribution in [0.4, 0.5) is 5.69 Å². The van der Waals surface area contributed by atoms with E-state index in [1.165, 1.54) is 26.2 Å². The highest BCUT2D eigenvalue weighted by atomic mass is 16.6. The molecule has 18 heavy (non-hydrogen) atoms. The fourth-order valence-corrected chi connectivity index (χ4v) is 1.95. The molecule has 0 spiro atoms. The van der Waals surface area contributed by atoms with Crippen LogP contribution in [0.25, 0.3) is 0 Å². The normalized spacial score (nSPS) is 15.9. The molecule has 0 unspecified atom stereocenters. The highest BCUT2D eigenvalue weighted by Gasteiger charge is 2.48. The molecule has 2 rings (SSSR count). The van der Waals surface area contributed by atoms with Crippen molar-refractivity contribution in [2.45, 2.75) is 25.4 Å². The van der Waals surface area contributed by atoms with Crippen LogP contribution in [0.3, 0.4) is 0 Å². The zero-order valence-corrected chi connectivity index (χ0v) is 10.1. The molecule has 96 valence electrons. The second-order valence-corrected chi connectivity index (χ2v) is 4.23. The minimum absolute atomic E-state index is 0.117. The Morgan fingerprint density at radius 3 is 2.56 bits per heavy atom. The molecule has 0 radical (unpaired) electrons. The van der Waals surface area contributed by atoms with Crippen molar-refractivity contribution in [3.63, 3.8) is 0 Å². The molecule has 0 heterocycles. The van der Waals surface area contributed by atoms with E-state index in [2.05, 4.69) is 0 Å². The standard InChI is InChI=1S/C12H13NO5/c1-8(14)18-12(5-6-12)9-3-4-11(17-2)10(7-9)13(15)16/h3-4,7H,5-6H2,1-2H3. The number of methoxy groups -OCH3 is 1. The number of carbonyl (C=O) groups is 1. The van der Waals surface area contributed by atoms with Gasteiger partial charge in [0.25, 0.3) is 0 Å². The number of nitro benzene ring substituents is 1. The van der Waals surface area contributed by atoms with Gasteiger partial charge in [-0.15, -0.1) is 0 Å². The maximum atomic E-state index is 11.0. The highest BCUT2D eigenvalue weighted by molar-refractivity contribution is 5.67. The smallest absolute Gasteiger partial charge is 0.311 e. The number of esters is 1. The summed E-state index contributed by atoms with van der Waals surface area (Å²) in [6.07, 6.45) is 1.38. The van der Waals surface area contributed by atoms with Gasteiger partial charge in [0.15, 0.2) is 5.75 Å². The average molecular weight is 251 g/mol. The fraction of sp³-hybridized carbons (Fsp3) is 0.417. The predicted molar refractivity (Wildman–Crippen MR) is 62.3 cm³/mol. The average Bonchev–Trinajstić information content (AvgIpc) is 3.08. The van der Waals surface area contributed by atoms with Crippen molar-refractivity contribution >= 4 is 11.7 Å². The third kappa shape index (κ3) is 2.13. The summed E-state index contributed by atoms with van der Waals surface area (Å²) in [4.78, 5) is 21.4. The molecule has 1 aromatic rings. The minimum atomic E-state index is -0.678. The van der Waals surface area contributed by atoms with Crippen molar-refractivity contribution in [2.75, 3.05) is 7.11 Å². The minimum Gasteiger partial charge on any atom is -0.490 e. The first-order valence-corrected chi connectivity index (χ1v) is 5.51. The van der Waals surface area contributed by atoms with E-state index in [-0.39, 0.29) is 17.4 Å². The molecule has 1 aliphatic carbocycles. The van der Waals surface area contributed by atoms with E-state index in [0.717, 1.165) is 0 Å². The lowest BCUT2D eigenvalue weighted by Gasteiger charge is -2.16. The third-order valence-corrected chi connectivity index (χ3v) is 2.94. The van der Waals surface area contributed by atoms with Gasteiger partial charge in [0.1, 0.15) is 5.60 Å². The van der Waals surface area contributed by atoms with Crippen molar-refractivity contribution in [2.24, 2.45) is 0 Å². The summed E-state index contributed by atoms with van der Waals surface area (Å²) in [5.74, 6) is -0.187. The Labute approximate surface area is 104 Å². The van der Waals surface area contributed by atoms with Crippen LogP contribution in [0.5, 0.6) is 5.75 Å². The van der Waals surface area contributed by atoms with Crippen molar-refractivity contribution < 1.29 is 19.2 Å². The molecule has 1 saturated carbocycles. The molecule has 0 amide bonds. The second-order valence-electron chi connectivity index (χ2n) is 4.23. The quantitative estimate of drug-likeness (QED) is 0.465. The van der Waals surface area contributed by atoms with Crippen LogP contribution in [-0.4, -0.2) is 18.0 Å². The fourth-order valence-electron chi connectivity index (χ4n) is 1.95. The summed E-state index contributed by atoms with van der Waals surface area (Å²) in [5.41, 5.74) is -0.151. The molecule has 1 aliphatic rings. The highest BCUT2D eigenvalue weighted by Crippen LogP contribution is 2.50. The monoisotopic (exact) mass is 251 g/mol. The van der Waals surface area contributed by atoms with E-state index in [0.29, 0.717) is 18.4 Å². The number of nitro groups is 1. The van der Waals surface area contributed by atoms with Gasteiger partial charge in [0, 0.05) is 18.6 Å². The summed E-state index contributed by atoms with van der Waals surface area (Å²) in [5, 5.41) is 10.9. The lowest BCUT2D eigenvalue weighted by Crippen LogP contribution is -2.15. The van der Waals surface area contributed by atoms with Gasteiger partial charge in [-0.25, -0.2) is 0 Å². The summed E-state index contributed by atoms with van der Waals surface area (Å²) < 4.78 is 10.2. The molecule has 6 nitrogen and oxygen atoms in total. The molecular weight excluding hydrogens is 238 g/mol. The van der Waals surface area contributed by atoms with Gasteiger partial charge in [-0.2, -0.15) is 0 Å². The van der Waals surface area contributed by atoms with Gasteiger partial charge in [0.05, 0.1) is 12.0 Å². The van der Waals surface area contributed by atoms with Gasteiger partial charge < -0.3 is 9.47 Å². The first-order chi connectivity index (χ1) is 8.48. The Kier molecular flexibility index (Phi) is 2.94. The van der Waals surface area contributed by atoms with Crippen LogP contribution in [0.1, 0.15) is 25.3 Å². The van der Waals surface area contributed by atoms with Crippen molar-refractivity contribution in [1.29, 1.82) is 0 Å². The number of hydrogen-bond acceptors (Lipinski definition) is 5. The maximum Gasteiger partial charge on any atom is 0.311 e.